The molecule has 2 heterocycles. The minimum absolute atomic E-state index is 0.139. The maximum Gasteiger partial charge on any atom is 0.277 e. The van der Waals surface area contributed by atoms with E-state index < -0.39 is 0 Å². The summed E-state index contributed by atoms with van der Waals surface area (Å²) in [6.45, 7) is 0. The Balaban J connectivity index is 1.40. The van der Waals surface area contributed by atoms with Crippen LogP contribution in [0.3, 0.4) is 0 Å². The fourth-order valence-corrected chi connectivity index (χ4v) is 4.37. The molecule has 1 unspecified atom stereocenters. The lowest BCUT2D eigenvalue weighted by atomic mass is 10.1. The van der Waals surface area contributed by atoms with Crippen LogP contribution >= 0.6 is 46.3 Å². The van der Waals surface area contributed by atoms with Crippen LogP contribution < -0.4 is 5.32 Å². The van der Waals surface area contributed by atoms with E-state index in [-0.39, 0.29) is 17.7 Å². The van der Waals surface area contributed by atoms with Gasteiger partial charge in [-0.3, -0.25) is 4.79 Å². The molecule has 2 aromatic heterocycles. The van der Waals surface area contributed by atoms with Crippen molar-refractivity contribution < 1.29 is 9.21 Å². The third kappa shape index (κ3) is 5.23. The number of carbonyl (C=O) groups excluding carboxylic acids is 1. The maximum absolute atomic E-state index is 12.6. The molecule has 152 valence electrons. The first-order valence-corrected chi connectivity index (χ1v) is 11.5. The number of halogens is 2. The summed E-state index contributed by atoms with van der Waals surface area (Å²) >= 11 is 14.7. The van der Waals surface area contributed by atoms with Crippen LogP contribution in [0.15, 0.2) is 75.7 Å². The molecule has 1 N–H and O–H groups in total. The summed E-state index contributed by atoms with van der Waals surface area (Å²) in [5, 5.41) is 14.7. The van der Waals surface area contributed by atoms with Crippen LogP contribution in [0, 0.1) is 0 Å². The molecule has 0 aliphatic carbocycles. The molecule has 1 amide bonds. The van der Waals surface area contributed by atoms with Crippen molar-refractivity contribution in [3.63, 3.8) is 0 Å². The minimum atomic E-state index is -0.248. The van der Waals surface area contributed by atoms with Crippen molar-refractivity contribution in [2.24, 2.45) is 0 Å². The molecule has 0 saturated carbocycles. The van der Waals surface area contributed by atoms with E-state index in [0.717, 1.165) is 16.0 Å². The zero-order valence-corrected chi connectivity index (χ0v) is 18.6. The Labute approximate surface area is 191 Å². The molecule has 9 heteroatoms. The number of thioether (sulfide) groups is 1. The second kappa shape index (κ2) is 9.66. The van der Waals surface area contributed by atoms with Crippen molar-refractivity contribution in [1.29, 1.82) is 0 Å². The average molecular weight is 476 g/mol. The highest BCUT2D eigenvalue weighted by atomic mass is 35.5. The van der Waals surface area contributed by atoms with Gasteiger partial charge in [-0.2, -0.15) is 0 Å². The Morgan fingerprint density at radius 3 is 2.40 bits per heavy atom. The second-order valence-electron chi connectivity index (χ2n) is 6.24. The predicted molar refractivity (Wildman–Crippen MR) is 121 cm³/mol. The van der Waals surface area contributed by atoms with Crippen LogP contribution in [0.2, 0.25) is 10.0 Å². The highest BCUT2D eigenvalue weighted by molar-refractivity contribution is 7.99. The average Bonchev–Trinajstić information content (AvgIpc) is 3.44. The Hall–Kier alpha value is -2.32. The van der Waals surface area contributed by atoms with E-state index >= 15 is 0 Å². The SMILES string of the molecule is O=C(CSc1nnc(-c2ccc(Cl)cc2)o1)NC(c1ccc(Cl)cc1)c1cccs1. The topological polar surface area (TPSA) is 68.0 Å². The smallest absolute Gasteiger partial charge is 0.277 e. The van der Waals surface area contributed by atoms with Gasteiger partial charge in [0.05, 0.1) is 11.8 Å². The number of nitrogens with zero attached hydrogens (tertiary/aromatic N) is 2. The molecule has 0 bridgehead atoms. The van der Waals surface area contributed by atoms with Gasteiger partial charge in [-0.1, -0.05) is 53.2 Å². The van der Waals surface area contributed by atoms with Gasteiger partial charge in [-0.15, -0.1) is 21.5 Å². The molecule has 4 aromatic rings. The van der Waals surface area contributed by atoms with Gasteiger partial charge in [0.2, 0.25) is 11.8 Å². The number of hydrogen-bond donors (Lipinski definition) is 1. The van der Waals surface area contributed by atoms with E-state index in [2.05, 4.69) is 15.5 Å². The number of aromatic nitrogens is 2. The zero-order chi connectivity index (χ0) is 20.9. The van der Waals surface area contributed by atoms with Gasteiger partial charge in [0.25, 0.3) is 5.22 Å². The van der Waals surface area contributed by atoms with Crippen molar-refractivity contribution >= 4 is 52.2 Å². The van der Waals surface area contributed by atoms with Crippen LogP contribution in [0.25, 0.3) is 11.5 Å². The lowest BCUT2D eigenvalue weighted by molar-refractivity contribution is -0.119. The van der Waals surface area contributed by atoms with Crippen LogP contribution in [0.1, 0.15) is 16.5 Å². The Morgan fingerprint density at radius 2 is 1.73 bits per heavy atom. The number of rotatable bonds is 7. The number of carbonyl (C=O) groups is 1. The van der Waals surface area contributed by atoms with Crippen LogP contribution in [0.5, 0.6) is 0 Å². The Kier molecular flexibility index (Phi) is 6.74. The first-order chi connectivity index (χ1) is 14.6. The number of hydrogen-bond acceptors (Lipinski definition) is 6. The first-order valence-electron chi connectivity index (χ1n) is 8.89. The lowest BCUT2D eigenvalue weighted by Crippen LogP contribution is -2.30. The summed E-state index contributed by atoms with van der Waals surface area (Å²) < 4.78 is 5.64. The highest BCUT2D eigenvalue weighted by Gasteiger charge is 2.19. The largest absolute Gasteiger partial charge is 0.411 e. The molecule has 0 saturated heterocycles. The van der Waals surface area contributed by atoms with Gasteiger partial charge in [-0.05, 0) is 53.4 Å². The highest BCUT2D eigenvalue weighted by Crippen LogP contribution is 2.28. The summed E-state index contributed by atoms with van der Waals surface area (Å²) in [5.41, 5.74) is 1.73. The molecule has 0 fully saturated rings. The number of amides is 1. The zero-order valence-electron chi connectivity index (χ0n) is 15.4. The molecule has 1 atom stereocenters. The molecule has 4 rings (SSSR count). The van der Waals surface area contributed by atoms with E-state index in [1.165, 1.54) is 11.8 Å². The van der Waals surface area contributed by atoms with Crippen molar-refractivity contribution in [3.8, 4) is 11.5 Å². The summed E-state index contributed by atoms with van der Waals surface area (Å²) in [4.78, 5) is 13.7. The summed E-state index contributed by atoms with van der Waals surface area (Å²) in [6.07, 6.45) is 0. The quantitative estimate of drug-likeness (QED) is 0.327. The number of thiophene rings is 1. The van der Waals surface area contributed by atoms with E-state index in [1.54, 1.807) is 35.6 Å². The molecule has 5 nitrogen and oxygen atoms in total. The van der Waals surface area contributed by atoms with Crippen LogP contribution in [-0.2, 0) is 4.79 Å². The number of benzene rings is 2. The van der Waals surface area contributed by atoms with Crippen molar-refractivity contribution in [3.05, 3.63) is 86.5 Å². The second-order valence-corrected chi connectivity index (χ2v) is 9.01. The predicted octanol–water partition coefficient (Wildman–Crippen LogP) is 6.10. The fourth-order valence-electron chi connectivity index (χ4n) is 2.74. The van der Waals surface area contributed by atoms with Gasteiger partial charge >= 0.3 is 0 Å². The normalized spacial score (nSPS) is 11.9. The van der Waals surface area contributed by atoms with Crippen molar-refractivity contribution in [2.45, 2.75) is 11.3 Å². The molecule has 30 heavy (non-hydrogen) atoms. The third-order valence-electron chi connectivity index (χ3n) is 4.16. The molecule has 2 aromatic carbocycles. The van der Waals surface area contributed by atoms with E-state index in [0.29, 0.717) is 21.2 Å². The first kappa shape index (κ1) is 20.9. The van der Waals surface area contributed by atoms with Gasteiger partial charge in [-0.25, -0.2) is 0 Å². The molecular formula is C21H15Cl2N3O2S2. The standard InChI is InChI=1S/C21H15Cl2N3O2S2/c22-15-7-3-13(4-8-15)19(17-2-1-11-29-17)24-18(27)12-30-21-26-25-20(28-21)14-5-9-16(23)10-6-14/h1-11,19H,12H2,(H,24,27). The van der Waals surface area contributed by atoms with Gasteiger partial charge in [0.15, 0.2) is 0 Å². The van der Waals surface area contributed by atoms with E-state index in [4.69, 9.17) is 27.6 Å². The third-order valence-corrected chi connectivity index (χ3v) is 6.42. The van der Waals surface area contributed by atoms with Crippen LogP contribution in [-0.4, -0.2) is 21.9 Å². The fraction of sp³-hybridized carbons (Fsp3) is 0.0952. The summed E-state index contributed by atoms with van der Waals surface area (Å²) in [5.74, 6) is 0.393. The molecule has 0 spiro atoms. The number of nitrogens with one attached hydrogen (secondary N) is 1. The van der Waals surface area contributed by atoms with E-state index in [9.17, 15) is 4.79 Å². The van der Waals surface area contributed by atoms with Crippen LogP contribution in [0.4, 0.5) is 0 Å². The minimum Gasteiger partial charge on any atom is -0.411 e. The molecule has 0 aliphatic rings. The van der Waals surface area contributed by atoms with Gasteiger partial charge in [0.1, 0.15) is 0 Å². The Morgan fingerprint density at radius 1 is 1.03 bits per heavy atom. The summed E-state index contributed by atoms with van der Waals surface area (Å²) in [7, 11) is 0. The van der Waals surface area contributed by atoms with Gasteiger partial charge in [0, 0.05) is 20.5 Å². The monoisotopic (exact) mass is 475 g/mol. The maximum atomic E-state index is 12.6. The molecular weight excluding hydrogens is 461 g/mol. The van der Waals surface area contributed by atoms with E-state index in [1.807, 2.05) is 41.8 Å². The summed E-state index contributed by atoms with van der Waals surface area (Å²) in [6, 6.07) is 18.3. The Bertz CT molecular complexity index is 1110. The molecule has 0 radical (unpaired) electrons. The van der Waals surface area contributed by atoms with Crippen molar-refractivity contribution in [1.82, 2.24) is 15.5 Å². The van der Waals surface area contributed by atoms with Crippen molar-refractivity contribution in [2.75, 3.05) is 5.75 Å². The lowest BCUT2D eigenvalue weighted by Gasteiger charge is -2.18. The molecule has 0 aliphatic heterocycles. The van der Waals surface area contributed by atoms with Gasteiger partial charge < -0.3 is 9.73 Å².